The van der Waals surface area contributed by atoms with Crippen LogP contribution < -0.4 is 4.68 Å². The van der Waals surface area contributed by atoms with Gasteiger partial charge in [0.15, 0.2) is 18.1 Å². The molecular weight excluding hydrogens is 438 g/mol. The number of aryl methyl sites for hydroxylation is 1. The van der Waals surface area contributed by atoms with E-state index in [2.05, 4.69) is 0 Å². The zero-order valence-corrected chi connectivity index (χ0v) is 17.8. The molecule has 1 spiro atoms. The van der Waals surface area contributed by atoms with E-state index in [-0.39, 0.29) is 23.0 Å². The van der Waals surface area contributed by atoms with E-state index in [1.165, 1.54) is 11.0 Å². The van der Waals surface area contributed by atoms with Gasteiger partial charge in [-0.05, 0) is 37.3 Å². The van der Waals surface area contributed by atoms with Gasteiger partial charge in [-0.25, -0.2) is 4.39 Å². The minimum atomic E-state index is -4.69. The van der Waals surface area contributed by atoms with Crippen LogP contribution in [0.15, 0.2) is 54.7 Å². The monoisotopic (exact) mass is 460 g/mol. The molecule has 1 saturated heterocycles. The van der Waals surface area contributed by atoms with Crippen LogP contribution in [0.4, 0.5) is 17.6 Å². The van der Waals surface area contributed by atoms with Crippen LogP contribution in [0.1, 0.15) is 40.5 Å². The lowest BCUT2D eigenvalue weighted by Gasteiger charge is -2.56. The molecule has 5 rings (SSSR count). The van der Waals surface area contributed by atoms with E-state index in [0.717, 1.165) is 36.7 Å². The van der Waals surface area contributed by atoms with Gasteiger partial charge in [-0.2, -0.15) is 13.2 Å². The van der Waals surface area contributed by atoms with Gasteiger partial charge in [0.2, 0.25) is 0 Å². The Morgan fingerprint density at radius 1 is 1.12 bits per heavy atom. The molecule has 1 aliphatic carbocycles. The van der Waals surface area contributed by atoms with E-state index in [0.29, 0.717) is 18.8 Å². The number of aromatic nitrogens is 2. The van der Waals surface area contributed by atoms with Crippen LogP contribution in [-0.2, 0) is 6.18 Å². The van der Waals surface area contributed by atoms with Crippen molar-refractivity contribution in [3.63, 3.8) is 0 Å². The number of amides is 1. The number of rotatable bonds is 3. The lowest BCUT2D eigenvalue weighted by Crippen LogP contribution is -2.68. The number of para-hydroxylation sites is 1. The highest BCUT2D eigenvalue weighted by Crippen LogP contribution is 2.52. The Morgan fingerprint density at radius 2 is 1.82 bits per heavy atom. The quantitative estimate of drug-likeness (QED) is 0.465. The number of nitrogens with zero attached hydrogens (tertiary/aromatic N) is 3. The van der Waals surface area contributed by atoms with Gasteiger partial charge in [-0.15, -0.1) is 9.36 Å². The number of likely N-dealkylation sites (tertiary alicyclic amines) is 1. The molecule has 5 nitrogen and oxygen atoms in total. The van der Waals surface area contributed by atoms with Gasteiger partial charge in [-0.3, -0.25) is 4.79 Å². The normalized spacial score (nSPS) is 17.7. The first kappa shape index (κ1) is 21.5. The van der Waals surface area contributed by atoms with E-state index in [9.17, 15) is 27.5 Å². The van der Waals surface area contributed by atoms with E-state index >= 15 is 0 Å². The van der Waals surface area contributed by atoms with E-state index < -0.39 is 23.2 Å². The highest BCUT2D eigenvalue weighted by molar-refractivity contribution is 5.97. The predicted molar refractivity (Wildman–Crippen MR) is 110 cm³/mol. The van der Waals surface area contributed by atoms with Crippen LogP contribution in [-0.4, -0.2) is 33.7 Å². The molecule has 172 valence electrons. The van der Waals surface area contributed by atoms with Crippen molar-refractivity contribution in [2.45, 2.75) is 32.0 Å². The lowest BCUT2D eigenvalue weighted by molar-refractivity contribution is -0.804. The van der Waals surface area contributed by atoms with E-state index in [1.54, 1.807) is 18.2 Å². The molecule has 1 amide bonds. The second kappa shape index (κ2) is 7.33. The summed E-state index contributed by atoms with van der Waals surface area (Å²) in [7, 11) is 0. The predicted octanol–water partition coefficient (Wildman–Crippen LogP) is 4.41. The van der Waals surface area contributed by atoms with Gasteiger partial charge in [0.1, 0.15) is 11.4 Å². The highest BCUT2D eigenvalue weighted by Gasteiger charge is 2.58. The number of carbonyl (C=O) groups excluding carboxylic acids is 1. The number of benzene rings is 2. The molecule has 0 unspecified atom stereocenters. The molecule has 0 bridgehead atoms. The molecule has 3 aromatic rings. The van der Waals surface area contributed by atoms with Gasteiger partial charge in [0.25, 0.3) is 5.91 Å². The molecule has 1 aromatic heterocycles. The van der Waals surface area contributed by atoms with E-state index in [1.807, 2.05) is 28.6 Å². The Morgan fingerprint density at radius 3 is 2.48 bits per heavy atom. The maximum Gasteiger partial charge on any atom is 0.417 e. The minimum Gasteiger partial charge on any atom is -0.508 e. The molecule has 33 heavy (non-hydrogen) atoms. The first-order valence-electron chi connectivity index (χ1n) is 10.6. The summed E-state index contributed by atoms with van der Waals surface area (Å²) in [5.41, 5.74) is -0.399. The van der Waals surface area contributed by atoms with Crippen molar-refractivity contribution in [3.05, 3.63) is 77.4 Å². The number of aromatic hydroxyl groups is 1. The summed E-state index contributed by atoms with van der Waals surface area (Å²) in [6, 6.07) is 11.1. The fraction of sp³-hybridized carbons (Fsp3) is 0.333. The van der Waals surface area contributed by atoms with Crippen LogP contribution in [0.5, 0.6) is 5.75 Å². The molecule has 2 aliphatic rings. The second-order valence-electron chi connectivity index (χ2n) is 9.05. The lowest BCUT2D eigenvalue weighted by atomic mass is 9.60. The number of halogens is 4. The maximum absolute atomic E-state index is 14.4. The molecule has 2 aromatic carbocycles. The molecule has 0 atom stereocenters. The van der Waals surface area contributed by atoms with Crippen molar-refractivity contribution in [2.75, 3.05) is 13.1 Å². The minimum absolute atomic E-state index is 0.0991. The van der Waals surface area contributed by atoms with Crippen LogP contribution in [0.2, 0.25) is 0 Å². The third-order valence-corrected chi connectivity index (χ3v) is 6.70. The number of hydrogen-bond donors (Lipinski definition) is 1. The number of phenolic OH excluding ortho intramolecular Hbond substituents is 1. The first-order valence-corrected chi connectivity index (χ1v) is 10.6. The number of carbonyl (C=O) groups is 1. The summed E-state index contributed by atoms with van der Waals surface area (Å²) in [6.45, 7) is 2.61. The molecule has 9 heteroatoms. The van der Waals surface area contributed by atoms with Crippen molar-refractivity contribution < 1.29 is 32.1 Å². The summed E-state index contributed by atoms with van der Waals surface area (Å²) >= 11 is 0. The first-order chi connectivity index (χ1) is 15.6. The van der Waals surface area contributed by atoms with Gasteiger partial charge in [-0.1, -0.05) is 12.1 Å². The number of alkyl halides is 3. The Bertz CT molecular complexity index is 1240. The average Bonchev–Trinajstić information content (AvgIpc) is 3.06. The maximum atomic E-state index is 14.4. The van der Waals surface area contributed by atoms with Gasteiger partial charge in [0, 0.05) is 37.4 Å². The zero-order valence-electron chi connectivity index (χ0n) is 17.8. The largest absolute Gasteiger partial charge is 0.508 e. The Hall–Kier alpha value is -3.36. The smallest absolute Gasteiger partial charge is 0.417 e. The van der Waals surface area contributed by atoms with E-state index in [4.69, 9.17) is 0 Å². The third-order valence-electron chi connectivity index (χ3n) is 6.70. The molecule has 0 radical (unpaired) electrons. The molecule has 2 fully saturated rings. The molecule has 1 N–H and O–H groups in total. The van der Waals surface area contributed by atoms with Crippen molar-refractivity contribution in [1.82, 2.24) is 9.58 Å². The van der Waals surface area contributed by atoms with Crippen LogP contribution in [0.3, 0.4) is 0 Å². The Kier molecular flexibility index (Phi) is 4.77. The molecule has 1 saturated carbocycles. The molecule has 1 aliphatic heterocycles. The van der Waals surface area contributed by atoms with Crippen molar-refractivity contribution in [3.8, 4) is 11.4 Å². The molecular formula is C24H22F4N3O2+. The fourth-order valence-corrected chi connectivity index (χ4v) is 5.15. The van der Waals surface area contributed by atoms with Crippen molar-refractivity contribution >= 4 is 5.91 Å². The fourth-order valence-electron chi connectivity index (χ4n) is 5.15. The average molecular weight is 460 g/mol. The van der Waals surface area contributed by atoms with Gasteiger partial charge >= 0.3 is 6.18 Å². The van der Waals surface area contributed by atoms with Crippen LogP contribution in [0, 0.1) is 18.2 Å². The third kappa shape index (κ3) is 3.55. The summed E-state index contributed by atoms with van der Waals surface area (Å²) in [5, 5.41) is 9.62. The van der Waals surface area contributed by atoms with Crippen molar-refractivity contribution in [2.24, 2.45) is 5.41 Å². The highest BCUT2D eigenvalue weighted by atomic mass is 19.4. The number of phenols is 1. The van der Waals surface area contributed by atoms with Gasteiger partial charge in [0.05, 0.1) is 16.8 Å². The van der Waals surface area contributed by atoms with Crippen LogP contribution >= 0.6 is 0 Å². The Labute approximate surface area is 187 Å². The molecule has 2 heterocycles. The summed E-state index contributed by atoms with van der Waals surface area (Å²) < 4.78 is 58.2. The SMILES string of the molecule is Cc1cc[n+](C2CC3(C2)CN(C(=O)c2cc(O)ccc2C(F)(F)F)C3)n1-c1ccccc1F. The standard InChI is InChI=1S/C24H21F4N3O2/c1-15-8-9-30(31(15)21-5-3-2-4-20(21)25)16-11-23(12-16)13-29(14-23)22(33)18-10-17(32)6-7-19(18)24(26,27)28/h2-10,16H,11-14H2,1H3/p+1. The van der Waals surface area contributed by atoms with Crippen LogP contribution in [0.25, 0.3) is 5.69 Å². The second-order valence-corrected chi connectivity index (χ2v) is 9.05. The summed E-state index contributed by atoms with van der Waals surface area (Å²) in [6.07, 6.45) is -1.30. The Balaban J connectivity index is 1.30. The van der Waals surface area contributed by atoms with Gasteiger partial charge < -0.3 is 10.0 Å². The zero-order chi connectivity index (χ0) is 23.5. The summed E-state index contributed by atoms with van der Waals surface area (Å²) in [4.78, 5) is 14.2. The van der Waals surface area contributed by atoms with Crippen molar-refractivity contribution in [1.29, 1.82) is 0 Å². The number of hydrogen-bond acceptors (Lipinski definition) is 2. The summed E-state index contributed by atoms with van der Waals surface area (Å²) in [5.74, 6) is -1.44. The topological polar surface area (TPSA) is 49.4 Å².